The van der Waals surface area contributed by atoms with Crippen molar-refractivity contribution in [3.8, 4) is 11.1 Å². The van der Waals surface area contributed by atoms with Crippen molar-refractivity contribution in [1.29, 1.82) is 0 Å². The molecule has 1 atom stereocenters. The van der Waals surface area contributed by atoms with Crippen LogP contribution in [0.3, 0.4) is 0 Å². The SMILES string of the molecule is Clc1nc(CC2CCOC2)nc(Cl)c1-c1ccc(Br)cc1. The highest BCUT2D eigenvalue weighted by Gasteiger charge is 2.20. The van der Waals surface area contributed by atoms with Crippen molar-refractivity contribution in [2.75, 3.05) is 13.2 Å². The Labute approximate surface area is 141 Å². The summed E-state index contributed by atoms with van der Waals surface area (Å²) in [5.74, 6) is 1.14. The minimum atomic E-state index is 0.395. The zero-order valence-electron chi connectivity index (χ0n) is 11.2. The second-order valence-corrected chi connectivity index (χ2v) is 6.67. The lowest BCUT2D eigenvalue weighted by Gasteiger charge is -2.10. The van der Waals surface area contributed by atoms with Gasteiger partial charge in [0, 0.05) is 24.1 Å². The molecule has 1 aliphatic heterocycles. The van der Waals surface area contributed by atoms with E-state index in [4.69, 9.17) is 27.9 Å². The Morgan fingerprint density at radius 2 is 1.81 bits per heavy atom. The second-order valence-electron chi connectivity index (χ2n) is 5.04. The topological polar surface area (TPSA) is 35.0 Å². The van der Waals surface area contributed by atoms with Crippen LogP contribution in [0.15, 0.2) is 28.7 Å². The molecule has 0 radical (unpaired) electrons. The first-order valence-electron chi connectivity index (χ1n) is 6.69. The van der Waals surface area contributed by atoms with Crippen molar-refractivity contribution < 1.29 is 4.74 Å². The maximum atomic E-state index is 6.32. The Morgan fingerprint density at radius 3 is 2.38 bits per heavy atom. The molecule has 0 bridgehead atoms. The number of nitrogens with zero attached hydrogens (tertiary/aromatic N) is 2. The highest BCUT2D eigenvalue weighted by molar-refractivity contribution is 9.10. The highest BCUT2D eigenvalue weighted by Crippen LogP contribution is 2.33. The molecule has 3 nitrogen and oxygen atoms in total. The van der Waals surface area contributed by atoms with Crippen LogP contribution in [0.25, 0.3) is 11.1 Å². The van der Waals surface area contributed by atoms with Gasteiger partial charge in [-0.1, -0.05) is 51.3 Å². The van der Waals surface area contributed by atoms with Crippen molar-refractivity contribution in [2.24, 2.45) is 5.92 Å². The lowest BCUT2D eigenvalue weighted by atomic mass is 10.0. The minimum Gasteiger partial charge on any atom is -0.381 e. The maximum Gasteiger partial charge on any atom is 0.142 e. The summed E-state index contributed by atoms with van der Waals surface area (Å²) in [5, 5.41) is 0.789. The Hall–Kier alpha value is -0.680. The molecule has 0 amide bonds. The molecule has 1 fully saturated rings. The third kappa shape index (κ3) is 3.57. The summed E-state index contributed by atoms with van der Waals surface area (Å²) in [6.45, 7) is 1.57. The smallest absolute Gasteiger partial charge is 0.142 e. The Balaban J connectivity index is 1.90. The van der Waals surface area contributed by atoms with Crippen LogP contribution in [0, 0.1) is 5.92 Å². The van der Waals surface area contributed by atoms with Crippen LogP contribution < -0.4 is 0 Å². The Bertz CT molecular complexity index is 620. The van der Waals surface area contributed by atoms with Crippen molar-refractivity contribution in [3.63, 3.8) is 0 Å². The third-order valence-corrected chi connectivity index (χ3v) is 4.57. The molecule has 1 aromatic carbocycles. The lowest BCUT2D eigenvalue weighted by Crippen LogP contribution is -2.08. The van der Waals surface area contributed by atoms with Crippen molar-refractivity contribution in [2.45, 2.75) is 12.8 Å². The van der Waals surface area contributed by atoms with Gasteiger partial charge in [-0.05, 0) is 30.0 Å². The van der Waals surface area contributed by atoms with Gasteiger partial charge in [0.1, 0.15) is 16.1 Å². The number of rotatable bonds is 3. The van der Waals surface area contributed by atoms with Crippen LogP contribution in [0.4, 0.5) is 0 Å². The van der Waals surface area contributed by atoms with E-state index in [-0.39, 0.29) is 0 Å². The summed E-state index contributed by atoms with van der Waals surface area (Å²) in [6.07, 6.45) is 1.78. The van der Waals surface area contributed by atoms with Crippen LogP contribution in [0.2, 0.25) is 10.3 Å². The number of aromatic nitrogens is 2. The molecule has 3 rings (SSSR count). The lowest BCUT2D eigenvalue weighted by molar-refractivity contribution is 0.185. The normalized spacial score (nSPS) is 18.1. The van der Waals surface area contributed by atoms with Gasteiger partial charge >= 0.3 is 0 Å². The molecule has 1 aliphatic rings. The van der Waals surface area contributed by atoms with Gasteiger partial charge in [0.05, 0.1) is 5.56 Å². The molecular formula is C15H13BrCl2N2O. The number of hydrogen-bond donors (Lipinski definition) is 0. The average Bonchev–Trinajstić information content (AvgIpc) is 2.93. The summed E-state index contributed by atoms with van der Waals surface area (Å²) in [4.78, 5) is 8.80. The van der Waals surface area contributed by atoms with Crippen LogP contribution in [-0.4, -0.2) is 23.2 Å². The van der Waals surface area contributed by atoms with E-state index in [0.717, 1.165) is 36.1 Å². The average molecular weight is 388 g/mol. The van der Waals surface area contributed by atoms with E-state index >= 15 is 0 Å². The third-order valence-electron chi connectivity index (χ3n) is 3.50. The van der Waals surface area contributed by atoms with E-state index in [1.165, 1.54) is 0 Å². The minimum absolute atomic E-state index is 0.395. The van der Waals surface area contributed by atoms with E-state index in [1.807, 2.05) is 24.3 Å². The maximum absolute atomic E-state index is 6.32. The molecule has 1 saturated heterocycles. The summed E-state index contributed by atoms with van der Waals surface area (Å²) in [5.41, 5.74) is 1.58. The summed E-state index contributed by atoms with van der Waals surface area (Å²) in [6, 6.07) is 7.74. The fourth-order valence-corrected chi connectivity index (χ4v) is 3.30. The van der Waals surface area contributed by atoms with E-state index < -0.39 is 0 Å². The van der Waals surface area contributed by atoms with Gasteiger partial charge in [0.25, 0.3) is 0 Å². The fourth-order valence-electron chi connectivity index (χ4n) is 2.40. The second kappa shape index (κ2) is 6.61. The molecule has 0 saturated carbocycles. The van der Waals surface area contributed by atoms with Crippen LogP contribution in [-0.2, 0) is 11.2 Å². The van der Waals surface area contributed by atoms with Crippen LogP contribution in [0.5, 0.6) is 0 Å². The van der Waals surface area contributed by atoms with Gasteiger partial charge < -0.3 is 4.74 Å². The first-order valence-corrected chi connectivity index (χ1v) is 8.24. The highest BCUT2D eigenvalue weighted by atomic mass is 79.9. The standard InChI is InChI=1S/C15H13BrCl2N2O/c16-11-3-1-10(2-4-11)13-14(17)19-12(20-15(13)18)7-9-5-6-21-8-9/h1-4,9H,5-8H2. The van der Waals surface area contributed by atoms with Gasteiger partial charge in [-0.25, -0.2) is 9.97 Å². The Morgan fingerprint density at radius 1 is 1.14 bits per heavy atom. The van der Waals surface area contributed by atoms with Gasteiger partial charge in [0.2, 0.25) is 0 Å². The van der Waals surface area contributed by atoms with Crippen molar-refractivity contribution >= 4 is 39.1 Å². The molecular weight excluding hydrogens is 375 g/mol. The van der Waals surface area contributed by atoms with Gasteiger partial charge in [-0.15, -0.1) is 0 Å². The predicted octanol–water partition coefficient (Wildman–Crippen LogP) is 4.79. The molecule has 0 aliphatic carbocycles. The quantitative estimate of drug-likeness (QED) is 0.710. The van der Waals surface area contributed by atoms with E-state index in [9.17, 15) is 0 Å². The predicted molar refractivity (Wildman–Crippen MR) is 87.8 cm³/mol. The molecule has 0 N–H and O–H groups in total. The molecule has 0 spiro atoms. The molecule has 2 aromatic rings. The van der Waals surface area contributed by atoms with E-state index in [0.29, 0.717) is 27.6 Å². The molecule has 1 unspecified atom stereocenters. The molecule has 2 heterocycles. The first-order chi connectivity index (χ1) is 10.1. The van der Waals surface area contributed by atoms with Gasteiger partial charge in [0.15, 0.2) is 0 Å². The van der Waals surface area contributed by atoms with E-state index in [1.54, 1.807) is 0 Å². The van der Waals surface area contributed by atoms with Crippen LogP contribution >= 0.6 is 39.1 Å². The van der Waals surface area contributed by atoms with Crippen molar-refractivity contribution in [3.05, 3.63) is 44.9 Å². The zero-order valence-corrected chi connectivity index (χ0v) is 14.2. The van der Waals surface area contributed by atoms with Crippen molar-refractivity contribution in [1.82, 2.24) is 9.97 Å². The number of benzene rings is 1. The Kier molecular flexibility index (Phi) is 4.79. The number of halogens is 3. The molecule has 1 aromatic heterocycles. The van der Waals surface area contributed by atoms with Gasteiger partial charge in [-0.3, -0.25) is 0 Å². The largest absolute Gasteiger partial charge is 0.381 e. The summed E-state index contributed by atoms with van der Waals surface area (Å²) in [7, 11) is 0. The fraction of sp³-hybridized carbons (Fsp3) is 0.333. The summed E-state index contributed by atoms with van der Waals surface area (Å²) < 4.78 is 6.37. The molecule has 110 valence electrons. The zero-order chi connectivity index (χ0) is 14.8. The number of hydrogen-bond acceptors (Lipinski definition) is 3. The van der Waals surface area contributed by atoms with Gasteiger partial charge in [-0.2, -0.15) is 0 Å². The monoisotopic (exact) mass is 386 g/mol. The molecule has 6 heteroatoms. The van der Waals surface area contributed by atoms with Crippen LogP contribution in [0.1, 0.15) is 12.2 Å². The summed E-state index contributed by atoms with van der Waals surface area (Å²) >= 11 is 16.0. The number of ether oxygens (including phenoxy) is 1. The first kappa shape index (κ1) is 15.2. The molecule has 21 heavy (non-hydrogen) atoms. The van der Waals surface area contributed by atoms with E-state index in [2.05, 4.69) is 25.9 Å².